The molecule has 0 aliphatic carbocycles. The number of nitrogens with one attached hydrogen (secondary N) is 1. The zero-order chi connectivity index (χ0) is 9.84. The minimum absolute atomic E-state index is 0.735. The average Bonchev–Trinajstić information content (AvgIpc) is 2.08. The van der Waals surface area contributed by atoms with Crippen LogP contribution in [0.15, 0.2) is 24.3 Å². The molecule has 0 radical (unpaired) electrons. The van der Waals surface area contributed by atoms with Gasteiger partial charge >= 0.3 is 0 Å². The second-order valence-corrected chi connectivity index (χ2v) is 3.13. The van der Waals surface area contributed by atoms with Crippen LogP contribution in [0, 0.1) is 6.92 Å². The number of hydrogen-bond donors (Lipinski definition) is 1. The lowest BCUT2D eigenvalue weighted by Crippen LogP contribution is -2.23. The summed E-state index contributed by atoms with van der Waals surface area (Å²) in [5.74, 6) is 0. The molecule has 0 fully saturated rings. The Balaban J connectivity index is 2.59. The Kier molecular flexibility index (Phi) is 3.23. The van der Waals surface area contributed by atoms with Crippen LogP contribution in [0.1, 0.15) is 12.5 Å². The maximum absolute atomic E-state index is 12.1. The van der Waals surface area contributed by atoms with E-state index in [4.69, 9.17) is 0 Å². The van der Waals surface area contributed by atoms with E-state index in [9.17, 15) is 8.78 Å². The fourth-order valence-corrected chi connectivity index (χ4v) is 0.976. The summed E-state index contributed by atoms with van der Waals surface area (Å²) in [6, 6.07) is 6.58. The topological polar surface area (TPSA) is 12.0 Å². The van der Waals surface area contributed by atoms with Crippen molar-refractivity contribution in [2.45, 2.75) is 26.3 Å². The predicted molar refractivity (Wildman–Crippen MR) is 50.3 cm³/mol. The zero-order valence-electron chi connectivity index (χ0n) is 7.72. The molecule has 0 amide bonds. The summed E-state index contributed by atoms with van der Waals surface area (Å²) < 4.78 is 24.3. The maximum atomic E-state index is 12.1. The van der Waals surface area contributed by atoms with Gasteiger partial charge in [-0.3, -0.25) is 0 Å². The van der Waals surface area contributed by atoms with E-state index >= 15 is 0 Å². The Morgan fingerprint density at radius 1 is 1.15 bits per heavy atom. The summed E-state index contributed by atoms with van der Waals surface area (Å²) in [6.45, 7) is 3.42. The molecule has 1 nitrogen and oxygen atoms in total. The highest BCUT2D eigenvalue weighted by Gasteiger charge is 2.13. The number of alkyl halides is 2. The number of anilines is 1. The van der Waals surface area contributed by atoms with Crippen molar-refractivity contribution in [3.05, 3.63) is 29.8 Å². The van der Waals surface area contributed by atoms with Crippen molar-refractivity contribution in [3.63, 3.8) is 0 Å². The molecule has 0 bridgehead atoms. The normalized spacial score (nSPS) is 13.0. The fourth-order valence-electron chi connectivity index (χ4n) is 0.976. The van der Waals surface area contributed by atoms with Crippen LogP contribution in [-0.2, 0) is 0 Å². The van der Waals surface area contributed by atoms with Gasteiger partial charge in [0.15, 0.2) is 0 Å². The van der Waals surface area contributed by atoms with Crippen LogP contribution in [0.2, 0.25) is 0 Å². The Labute approximate surface area is 76.8 Å². The number of halogens is 2. The van der Waals surface area contributed by atoms with Crippen molar-refractivity contribution < 1.29 is 8.78 Å². The van der Waals surface area contributed by atoms with Gasteiger partial charge < -0.3 is 5.32 Å². The molecule has 0 aromatic heterocycles. The standard InChI is InChI=1S/C10H13F2N/c1-7-3-5-9(6-4-7)13-8(2)10(11)12/h3-6,8,10,13H,1-2H3. The lowest BCUT2D eigenvalue weighted by atomic mass is 10.2. The van der Waals surface area contributed by atoms with Crippen LogP contribution in [0.4, 0.5) is 14.5 Å². The monoisotopic (exact) mass is 185 g/mol. The van der Waals surface area contributed by atoms with Crippen LogP contribution in [0.25, 0.3) is 0 Å². The molecule has 1 unspecified atom stereocenters. The van der Waals surface area contributed by atoms with Gasteiger partial charge in [0.1, 0.15) is 0 Å². The van der Waals surface area contributed by atoms with E-state index in [0.29, 0.717) is 0 Å². The molecule has 0 saturated carbocycles. The van der Waals surface area contributed by atoms with Crippen LogP contribution in [0.5, 0.6) is 0 Å². The van der Waals surface area contributed by atoms with E-state index in [0.717, 1.165) is 11.3 Å². The first-order chi connectivity index (χ1) is 6.09. The summed E-state index contributed by atoms with van der Waals surface area (Å²) in [5, 5.41) is 2.72. The first-order valence-corrected chi connectivity index (χ1v) is 4.21. The number of hydrogen-bond acceptors (Lipinski definition) is 1. The molecule has 1 rings (SSSR count). The van der Waals surface area contributed by atoms with Gasteiger partial charge in [-0.1, -0.05) is 17.7 Å². The summed E-state index contributed by atoms with van der Waals surface area (Å²) in [4.78, 5) is 0. The van der Waals surface area contributed by atoms with Crippen LogP contribution in [0.3, 0.4) is 0 Å². The smallest absolute Gasteiger partial charge is 0.258 e. The Bertz CT molecular complexity index is 256. The quantitative estimate of drug-likeness (QED) is 0.763. The third-order valence-corrected chi connectivity index (χ3v) is 1.82. The van der Waals surface area contributed by atoms with Gasteiger partial charge in [0.25, 0.3) is 6.43 Å². The molecular weight excluding hydrogens is 172 g/mol. The van der Waals surface area contributed by atoms with Crippen molar-refractivity contribution in [2.75, 3.05) is 5.32 Å². The molecule has 1 N–H and O–H groups in total. The van der Waals surface area contributed by atoms with Crippen LogP contribution < -0.4 is 5.32 Å². The summed E-state index contributed by atoms with van der Waals surface area (Å²) in [6.07, 6.45) is -2.33. The van der Waals surface area contributed by atoms with Crippen molar-refractivity contribution in [1.29, 1.82) is 0 Å². The summed E-state index contributed by atoms with van der Waals surface area (Å²) >= 11 is 0. The maximum Gasteiger partial charge on any atom is 0.258 e. The Morgan fingerprint density at radius 2 is 1.69 bits per heavy atom. The van der Waals surface area contributed by atoms with Gasteiger partial charge in [0.2, 0.25) is 0 Å². The van der Waals surface area contributed by atoms with Crippen LogP contribution in [-0.4, -0.2) is 12.5 Å². The summed E-state index contributed by atoms with van der Waals surface area (Å²) in [7, 11) is 0. The molecule has 0 aliphatic rings. The molecule has 0 saturated heterocycles. The van der Waals surface area contributed by atoms with Gasteiger partial charge in [-0.25, -0.2) is 8.78 Å². The van der Waals surface area contributed by atoms with E-state index < -0.39 is 12.5 Å². The van der Waals surface area contributed by atoms with E-state index in [1.54, 1.807) is 12.1 Å². The van der Waals surface area contributed by atoms with Gasteiger partial charge in [-0.2, -0.15) is 0 Å². The van der Waals surface area contributed by atoms with E-state index in [2.05, 4.69) is 5.32 Å². The molecule has 0 aliphatic heterocycles. The number of aryl methyl sites for hydroxylation is 1. The third-order valence-electron chi connectivity index (χ3n) is 1.82. The fraction of sp³-hybridized carbons (Fsp3) is 0.400. The number of rotatable bonds is 3. The van der Waals surface area contributed by atoms with Gasteiger partial charge in [0, 0.05) is 5.69 Å². The van der Waals surface area contributed by atoms with Crippen LogP contribution >= 0.6 is 0 Å². The first-order valence-electron chi connectivity index (χ1n) is 4.21. The number of benzene rings is 1. The highest BCUT2D eigenvalue weighted by Crippen LogP contribution is 2.12. The van der Waals surface area contributed by atoms with Gasteiger partial charge in [-0.15, -0.1) is 0 Å². The van der Waals surface area contributed by atoms with Crippen molar-refractivity contribution in [2.24, 2.45) is 0 Å². The van der Waals surface area contributed by atoms with Gasteiger partial charge in [-0.05, 0) is 26.0 Å². The van der Waals surface area contributed by atoms with Crippen molar-refractivity contribution >= 4 is 5.69 Å². The molecule has 0 spiro atoms. The molecule has 1 aromatic carbocycles. The molecule has 1 atom stereocenters. The summed E-state index contributed by atoms with van der Waals surface area (Å²) in [5.41, 5.74) is 1.86. The molecule has 13 heavy (non-hydrogen) atoms. The Morgan fingerprint density at radius 3 is 2.15 bits per heavy atom. The second kappa shape index (κ2) is 4.21. The van der Waals surface area contributed by atoms with Gasteiger partial charge in [0.05, 0.1) is 6.04 Å². The lowest BCUT2D eigenvalue weighted by Gasteiger charge is -2.13. The minimum Gasteiger partial charge on any atom is -0.377 e. The predicted octanol–water partition coefficient (Wildman–Crippen LogP) is 3.06. The molecule has 0 heterocycles. The molecular formula is C10H13F2N. The van der Waals surface area contributed by atoms with E-state index in [-0.39, 0.29) is 0 Å². The average molecular weight is 185 g/mol. The van der Waals surface area contributed by atoms with E-state index in [1.807, 2.05) is 19.1 Å². The minimum atomic E-state index is -2.33. The molecule has 3 heteroatoms. The first kappa shape index (κ1) is 9.96. The van der Waals surface area contributed by atoms with Crippen molar-refractivity contribution in [3.8, 4) is 0 Å². The highest BCUT2D eigenvalue weighted by atomic mass is 19.3. The molecule has 1 aromatic rings. The largest absolute Gasteiger partial charge is 0.377 e. The Hall–Kier alpha value is -1.12. The highest BCUT2D eigenvalue weighted by molar-refractivity contribution is 5.45. The zero-order valence-corrected chi connectivity index (χ0v) is 7.72. The SMILES string of the molecule is Cc1ccc(NC(C)C(F)F)cc1. The van der Waals surface area contributed by atoms with Crippen molar-refractivity contribution in [1.82, 2.24) is 0 Å². The lowest BCUT2D eigenvalue weighted by molar-refractivity contribution is 0.131. The molecule has 72 valence electrons. The third kappa shape index (κ3) is 3.01. The van der Waals surface area contributed by atoms with E-state index in [1.165, 1.54) is 6.92 Å². The second-order valence-electron chi connectivity index (χ2n) is 3.13.